The van der Waals surface area contributed by atoms with Crippen molar-refractivity contribution in [1.29, 1.82) is 0 Å². The molecule has 0 aliphatic rings. The Hall–Kier alpha value is -1.86. The van der Waals surface area contributed by atoms with E-state index < -0.39 is 6.16 Å². The monoisotopic (exact) mass is 288 g/mol. The van der Waals surface area contributed by atoms with Crippen molar-refractivity contribution in [3.05, 3.63) is 29.3 Å². The summed E-state index contributed by atoms with van der Waals surface area (Å²) in [5.41, 5.74) is 0.433. The molecule has 7 nitrogen and oxygen atoms in total. The average Bonchev–Trinajstić information content (AvgIpc) is 2.71. The summed E-state index contributed by atoms with van der Waals surface area (Å²) in [5, 5.41) is 12.5. The maximum Gasteiger partial charge on any atom is 0.513 e. The van der Waals surface area contributed by atoms with Crippen molar-refractivity contribution < 1.29 is 14.6 Å². The van der Waals surface area contributed by atoms with Crippen LogP contribution in [-0.4, -0.2) is 31.0 Å². The van der Waals surface area contributed by atoms with Crippen molar-refractivity contribution in [2.45, 2.75) is 5.88 Å². The highest BCUT2D eigenvalue weighted by Gasteiger charge is 2.16. The molecule has 0 saturated carbocycles. The molecule has 1 N–H and O–H groups in total. The molecule has 0 radical (unpaired) electrons. The van der Waals surface area contributed by atoms with Crippen LogP contribution in [0.4, 0.5) is 4.79 Å². The number of aromatic nitrogens is 4. The van der Waals surface area contributed by atoms with E-state index in [1.54, 1.807) is 12.1 Å². The summed E-state index contributed by atoms with van der Waals surface area (Å²) in [7, 11) is 0. The third kappa shape index (κ3) is 2.52. The first kappa shape index (κ1) is 12.6. The van der Waals surface area contributed by atoms with Crippen molar-refractivity contribution in [2.75, 3.05) is 0 Å². The number of alkyl halides is 1. The van der Waals surface area contributed by atoms with Gasteiger partial charge in [-0.05, 0) is 12.1 Å². The lowest BCUT2D eigenvalue weighted by Crippen LogP contribution is -2.05. The van der Waals surface area contributed by atoms with Crippen LogP contribution in [0.5, 0.6) is 6.01 Å². The van der Waals surface area contributed by atoms with Gasteiger partial charge in [-0.3, -0.25) is 0 Å². The third-order valence-corrected chi connectivity index (χ3v) is 2.45. The van der Waals surface area contributed by atoms with Crippen molar-refractivity contribution in [2.24, 2.45) is 0 Å². The first-order valence-corrected chi connectivity index (χ1v) is 5.56. The van der Waals surface area contributed by atoms with Gasteiger partial charge < -0.3 is 9.84 Å². The van der Waals surface area contributed by atoms with E-state index in [1.165, 1.54) is 10.9 Å². The molecule has 0 fully saturated rings. The van der Waals surface area contributed by atoms with Crippen LogP contribution < -0.4 is 4.74 Å². The lowest BCUT2D eigenvalue weighted by atomic mass is 10.4. The molecule has 0 saturated heterocycles. The number of nitrogens with zero attached hydrogens (tertiary/aromatic N) is 4. The molecule has 0 aliphatic carbocycles. The third-order valence-electron chi connectivity index (χ3n) is 1.92. The van der Waals surface area contributed by atoms with Gasteiger partial charge in [-0.15, -0.1) is 16.7 Å². The lowest BCUT2D eigenvalue weighted by molar-refractivity contribution is 0.140. The maximum atomic E-state index is 10.4. The molecule has 0 aromatic carbocycles. The number of rotatable bonds is 3. The molecule has 0 atom stereocenters. The van der Waals surface area contributed by atoms with E-state index in [0.717, 1.165) is 0 Å². The second-order valence-electron chi connectivity index (χ2n) is 3.04. The summed E-state index contributed by atoms with van der Waals surface area (Å²) in [6, 6.07) is 2.97. The number of ether oxygens (including phenoxy) is 1. The van der Waals surface area contributed by atoms with E-state index in [9.17, 15) is 4.79 Å². The fourth-order valence-electron chi connectivity index (χ4n) is 1.26. The number of hydrogen-bond acceptors (Lipinski definition) is 5. The Bertz CT molecular complexity index is 587. The number of carbonyl (C=O) groups is 1. The molecule has 2 rings (SSSR count). The van der Waals surface area contributed by atoms with Crippen molar-refractivity contribution >= 4 is 29.4 Å². The molecule has 9 heteroatoms. The Labute approximate surface area is 111 Å². The number of halogens is 2. The van der Waals surface area contributed by atoms with E-state index in [1.807, 2.05) is 0 Å². The summed E-state index contributed by atoms with van der Waals surface area (Å²) in [6.07, 6.45) is 0.00295. The van der Waals surface area contributed by atoms with Gasteiger partial charge in [-0.2, -0.15) is 4.98 Å². The van der Waals surface area contributed by atoms with Gasteiger partial charge in [0.1, 0.15) is 5.69 Å². The fraction of sp³-hybridized carbons (Fsp3) is 0.111. The first-order chi connectivity index (χ1) is 8.61. The predicted octanol–water partition coefficient (Wildman–Crippen LogP) is 2.11. The lowest BCUT2D eigenvalue weighted by Gasteiger charge is -2.03. The van der Waals surface area contributed by atoms with Gasteiger partial charge in [0.25, 0.3) is 0 Å². The molecular formula is C9H6Cl2N4O3. The van der Waals surface area contributed by atoms with E-state index in [2.05, 4.69) is 19.8 Å². The van der Waals surface area contributed by atoms with Crippen LogP contribution in [0, 0.1) is 0 Å². The molecule has 0 unspecified atom stereocenters. The maximum absolute atomic E-state index is 10.4. The normalized spacial score (nSPS) is 10.3. The minimum absolute atomic E-state index is 0.0151. The summed E-state index contributed by atoms with van der Waals surface area (Å²) in [4.78, 5) is 18.1. The molecule has 2 aromatic rings. The van der Waals surface area contributed by atoms with E-state index in [0.29, 0.717) is 11.5 Å². The highest BCUT2D eigenvalue weighted by molar-refractivity contribution is 6.31. The zero-order chi connectivity index (χ0) is 13.1. The summed E-state index contributed by atoms with van der Waals surface area (Å²) in [6.45, 7) is 0. The van der Waals surface area contributed by atoms with Gasteiger partial charge in [0.15, 0.2) is 11.0 Å². The largest absolute Gasteiger partial charge is 0.513 e. The number of carboxylic acid groups (broad SMARTS) is 1. The average molecular weight is 289 g/mol. The quantitative estimate of drug-likeness (QED) is 0.528. The Morgan fingerprint density at radius 2 is 2.33 bits per heavy atom. The standard InChI is InChI=1S/C9H6Cl2N4O3/c10-4-6-13-8(18-9(16)17)14-15(6)5-2-1-3-12-7(5)11/h1-3H,4H2,(H,16,17). The Kier molecular flexibility index (Phi) is 3.63. The zero-order valence-corrected chi connectivity index (χ0v) is 10.3. The number of hydrogen-bond donors (Lipinski definition) is 1. The molecule has 0 bridgehead atoms. The van der Waals surface area contributed by atoms with Gasteiger partial charge in [0.05, 0.1) is 5.88 Å². The molecule has 2 aromatic heterocycles. The summed E-state index contributed by atoms with van der Waals surface area (Å²) in [5.74, 6) is 0.309. The molecule has 2 heterocycles. The molecule has 18 heavy (non-hydrogen) atoms. The topological polar surface area (TPSA) is 90.1 Å². The molecule has 0 aliphatic heterocycles. The second kappa shape index (κ2) is 5.19. The fourth-order valence-corrected chi connectivity index (χ4v) is 1.63. The van der Waals surface area contributed by atoms with Crippen molar-refractivity contribution in [3.63, 3.8) is 0 Å². The molecule has 0 spiro atoms. The first-order valence-electron chi connectivity index (χ1n) is 4.65. The highest BCUT2D eigenvalue weighted by Crippen LogP contribution is 2.20. The van der Waals surface area contributed by atoms with E-state index >= 15 is 0 Å². The van der Waals surface area contributed by atoms with E-state index in [4.69, 9.17) is 28.3 Å². The summed E-state index contributed by atoms with van der Waals surface area (Å²) < 4.78 is 5.63. The van der Waals surface area contributed by atoms with Gasteiger partial charge >= 0.3 is 12.2 Å². The van der Waals surface area contributed by atoms with Crippen molar-refractivity contribution in [3.8, 4) is 11.7 Å². The van der Waals surface area contributed by atoms with Crippen LogP contribution in [-0.2, 0) is 5.88 Å². The van der Waals surface area contributed by atoms with Gasteiger partial charge in [0.2, 0.25) is 0 Å². The smallest absolute Gasteiger partial charge is 0.449 e. The molecule has 94 valence electrons. The van der Waals surface area contributed by atoms with Gasteiger partial charge in [0, 0.05) is 6.20 Å². The highest BCUT2D eigenvalue weighted by atomic mass is 35.5. The van der Waals surface area contributed by atoms with Gasteiger partial charge in [-0.1, -0.05) is 11.6 Å². The van der Waals surface area contributed by atoms with Crippen LogP contribution in [0.3, 0.4) is 0 Å². The van der Waals surface area contributed by atoms with Crippen LogP contribution in [0.25, 0.3) is 5.69 Å². The van der Waals surface area contributed by atoms with Crippen LogP contribution in [0.15, 0.2) is 18.3 Å². The molecule has 0 amide bonds. The van der Waals surface area contributed by atoms with Gasteiger partial charge in [-0.25, -0.2) is 14.5 Å². The Balaban J connectivity index is 2.47. The van der Waals surface area contributed by atoms with Crippen LogP contribution in [0.1, 0.15) is 5.82 Å². The Morgan fingerprint density at radius 3 is 2.94 bits per heavy atom. The number of pyridine rings is 1. The predicted molar refractivity (Wildman–Crippen MR) is 62.4 cm³/mol. The van der Waals surface area contributed by atoms with Crippen LogP contribution in [0.2, 0.25) is 5.15 Å². The molecular weight excluding hydrogens is 283 g/mol. The minimum atomic E-state index is -1.51. The van der Waals surface area contributed by atoms with Crippen LogP contribution >= 0.6 is 23.2 Å². The zero-order valence-electron chi connectivity index (χ0n) is 8.75. The van der Waals surface area contributed by atoms with E-state index in [-0.39, 0.29) is 17.0 Å². The minimum Gasteiger partial charge on any atom is -0.449 e. The van der Waals surface area contributed by atoms with Crippen molar-refractivity contribution in [1.82, 2.24) is 19.7 Å². The SMILES string of the molecule is O=C(O)Oc1nc(CCl)n(-c2cccnc2Cl)n1. The Morgan fingerprint density at radius 1 is 1.56 bits per heavy atom. The summed E-state index contributed by atoms with van der Waals surface area (Å²) >= 11 is 11.6. The second-order valence-corrected chi connectivity index (χ2v) is 3.66.